The lowest BCUT2D eigenvalue weighted by Gasteiger charge is -2.33. The molecule has 26 heavy (non-hydrogen) atoms. The van der Waals surface area contributed by atoms with Crippen molar-refractivity contribution < 1.29 is 17.6 Å². The van der Waals surface area contributed by atoms with E-state index in [1.165, 1.54) is 0 Å². The van der Waals surface area contributed by atoms with Crippen molar-refractivity contribution in [2.75, 3.05) is 36.0 Å². The first-order valence-corrected chi connectivity index (χ1v) is 8.17. The van der Waals surface area contributed by atoms with Crippen LogP contribution in [0.4, 0.5) is 25.1 Å². The number of anilines is 2. The Labute approximate surface area is 147 Å². The number of nitrogens with zero attached hydrogens (tertiary/aromatic N) is 5. The molecule has 3 heterocycles. The van der Waals surface area contributed by atoms with E-state index in [9.17, 15) is 13.2 Å². The summed E-state index contributed by atoms with van der Waals surface area (Å²) in [6.45, 7) is 4.08. The molecule has 1 aliphatic rings. The average Bonchev–Trinajstić information content (AvgIpc) is 3.04. The van der Waals surface area contributed by atoms with Gasteiger partial charge in [-0.25, -0.2) is 9.97 Å². The van der Waals surface area contributed by atoms with Gasteiger partial charge in [0.2, 0.25) is 5.95 Å². The van der Waals surface area contributed by atoms with Gasteiger partial charge in [-0.2, -0.15) is 18.2 Å². The van der Waals surface area contributed by atoms with Crippen molar-refractivity contribution >= 4 is 23.1 Å². The van der Waals surface area contributed by atoms with Crippen LogP contribution in [0.25, 0.3) is 11.1 Å². The predicted molar refractivity (Wildman–Crippen MR) is 90.2 cm³/mol. The van der Waals surface area contributed by atoms with E-state index in [0.29, 0.717) is 37.8 Å². The highest BCUT2D eigenvalue weighted by atomic mass is 19.4. The molecule has 0 bridgehead atoms. The van der Waals surface area contributed by atoms with E-state index >= 15 is 0 Å². The first kappa shape index (κ1) is 16.6. The zero-order chi connectivity index (χ0) is 18.3. The standard InChI is InChI=1S/C17H16F3N5O/c1-11-2-3-13-12(10-11)22-16(26-13)25-8-6-24(7-9-25)15-21-5-4-14(23-15)17(18,19)20/h2-5,10H,6-9H2,1H3. The summed E-state index contributed by atoms with van der Waals surface area (Å²) in [5, 5.41) is 0. The second-order valence-corrected chi connectivity index (χ2v) is 6.18. The summed E-state index contributed by atoms with van der Waals surface area (Å²) < 4.78 is 44.2. The van der Waals surface area contributed by atoms with Crippen LogP contribution in [-0.4, -0.2) is 41.1 Å². The van der Waals surface area contributed by atoms with Crippen molar-refractivity contribution in [2.24, 2.45) is 0 Å². The number of hydrogen-bond acceptors (Lipinski definition) is 6. The lowest BCUT2D eigenvalue weighted by atomic mass is 10.2. The third-order valence-electron chi connectivity index (χ3n) is 4.30. The smallest absolute Gasteiger partial charge is 0.423 e. The predicted octanol–water partition coefficient (Wildman–Crippen LogP) is 3.27. The van der Waals surface area contributed by atoms with E-state index in [2.05, 4.69) is 15.0 Å². The topological polar surface area (TPSA) is 58.3 Å². The maximum Gasteiger partial charge on any atom is 0.433 e. The highest BCUT2D eigenvalue weighted by Crippen LogP contribution is 2.29. The van der Waals surface area contributed by atoms with Gasteiger partial charge in [0.05, 0.1) is 0 Å². The maximum atomic E-state index is 12.8. The number of hydrogen-bond donors (Lipinski definition) is 0. The molecule has 0 radical (unpaired) electrons. The third-order valence-corrected chi connectivity index (χ3v) is 4.30. The highest BCUT2D eigenvalue weighted by Gasteiger charge is 2.33. The number of oxazole rings is 1. The number of halogens is 3. The number of benzene rings is 1. The lowest BCUT2D eigenvalue weighted by Crippen LogP contribution is -2.47. The van der Waals surface area contributed by atoms with Gasteiger partial charge in [0.25, 0.3) is 6.01 Å². The minimum atomic E-state index is -4.48. The van der Waals surface area contributed by atoms with Crippen LogP contribution in [0.15, 0.2) is 34.9 Å². The minimum absolute atomic E-state index is 0.0904. The molecule has 1 fully saturated rings. The molecule has 0 unspecified atom stereocenters. The minimum Gasteiger partial charge on any atom is -0.423 e. The Hall–Kier alpha value is -2.84. The fourth-order valence-corrected chi connectivity index (χ4v) is 2.92. The van der Waals surface area contributed by atoms with Crippen LogP contribution in [0.2, 0.25) is 0 Å². The van der Waals surface area contributed by atoms with Gasteiger partial charge in [-0.15, -0.1) is 0 Å². The molecule has 3 aromatic rings. The van der Waals surface area contributed by atoms with Crippen molar-refractivity contribution in [3.05, 3.63) is 41.7 Å². The van der Waals surface area contributed by atoms with Crippen LogP contribution < -0.4 is 9.80 Å². The number of aromatic nitrogens is 3. The molecule has 0 aliphatic carbocycles. The average molecular weight is 363 g/mol. The number of rotatable bonds is 2. The van der Waals surface area contributed by atoms with Crippen LogP contribution in [0.3, 0.4) is 0 Å². The summed E-state index contributed by atoms with van der Waals surface area (Å²) in [5.74, 6) is 0.0904. The fourth-order valence-electron chi connectivity index (χ4n) is 2.92. The maximum absolute atomic E-state index is 12.8. The molecule has 0 amide bonds. The van der Waals surface area contributed by atoms with Crippen LogP contribution in [0.5, 0.6) is 0 Å². The first-order valence-electron chi connectivity index (χ1n) is 8.17. The van der Waals surface area contributed by atoms with Gasteiger partial charge in [-0.3, -0.25) is 0 Å². The van der Waals surface area contributed by atoms with Gasteiger partial charge < -0.3 is 14.2 Å². The molecule has 0 N–H and O–H groups in total. The van der Waals surface area contributed by atoms with E-state index in [4.69, 9.17) is 4.42 Å². The second-order valence-electron chi connectivity index (χ2n) is 6.18. The summed E-state index contributed by atoms with van der Waals surface area (Å²) in [4.78, 5) is 15.8. The molecule has 4 rings (SSSR count). The second kappa shape index (κ2) is 6.15. The Morgan fingerprint density at radius 1 is 1.00 bits per heavy atom. The molecule has 1 saturated heterocycles. The Morgan fingerprint density at radius 3 is 2.46 bits per heavy atom. The van der Waals surface area contributed by atoms with Crippen LogP contribution in [-0.2, 0) is 6.18 Å². The van der Waals surface area contributed by atoms with Crippen molar-refractivity contribution in [2.45, 2.75) is 13.1 Å². The van der Waals surface area contributed by atoms with Crippen LogP contribution in [0.1, 0.15) is 11.3 Å². The van der Waals surface area contributed by atoms with Gasteiger partial charge in [0.15, 0.2) is 5.58 Å². The summed E-state index contributed by atoms with van der Waals surface area (Å²) in [7, 11) is 0. The molecule has 2 aromatic heterocycles. The summed E-state index contributed by atoms with van der Waals surface area (Å²) >= 11 is 0. The van der Waals surface area contributed by atoms with Crippen molar-refractivity contribution in [3.8, 4) is 0 Å². The molecule has 6 nitrogen and oxygen atoms in total. The third kappa shape index (κ3) is 3.16. The Kier molecular flexibility index (Phi) is 3.93. The SMILES string of the molecule is Cc1ccc2oc(N3CCN(c4nccc(C(F)(F)F)n4)CC3)nc2c1. The molecule has 1 aromatic carbocycles. The molecule has 0 spiro atoms. The highest BCUT2D eigenvalue weighted by molar-refractivity contribution is 5.75. The molecule has 0 saturated carbocycles. The molecular weight excluding hydrogens is 347 g/mol. The number of aryl methyl sites for hydroxylation is 1. The van der Waals surface area contributed by atoms with Crippen LogP contribution in [0, 0.1) is 6.92 Å². The number of fused-ring (bicyclic) bond motifs is 1. The lowest BCUT2D eigenvalue weighted by molar-refractivity contribution is -0.141. The molecule has 136 valence electrons. The Morgan fingerprint density at radius 2 is 1.73 bits per heavy atom. The normalized spacial score (nSPS) is 15.7. The Bertz CT molecular complexity index is 932. The summed E-state index contributed by atoms with van der Waals surface area (Å²) in [6.07, 6.45) is -3.34. The van der Waals surface area contributed by atoms with Crippen molar-refractivity contribution in [1.82, 2.24) is 15.0 Å². The molecule has 0 atom stereocenters. The molecule has 9 heteroatoms. The fraction of sp³-hybridized carbons (Fsp3) is 0.353. The molecular formula is C17H16F3N5O. The van der Waals surface area contributed by atoms with Crippen molar-refractivity contribution in [1.29, 1.82) is 0 Å². The number of piperazine rings is 1. The quantitative estimate of drug-likeness (QED) is 0.697. The van der Waals surface area contributed by atoms with Crippen LogP contribution >= 0.6 is 0 Å². The summed E-state index contributed by atoms with van der Waals surface area (Å²) in [6, 6.07) is 7.19. The van der Waals surface area contributed by atoms with E-state index in [1.54, 1.807) is 4.90 Å². The van der Waals surface area contributed by atoms with E-state index < -0.39 is 11.9 Å². The zero-order valence-electron chi connectivity index (χ0n) is 14.0. The van der Waals surface area contributed by atoms with Crippen molar-refractivity contribution in [3.63, 3.8) is 0 Å². The van der Waals surface area contributed by atoms with E-state index in [0.717, 1.165) is 23.3 Å². The Balaban J connectivity index is 1.48. The number of alkyl halides is 3. The van der Waals surface area contributed by atoms with Gasteiger partial charge >= 0.3 is 6.18 Å². The summed E-state index contributed by atoms with van der Waals surface area (Å²) in [5.41, 5.74) is 1.68. The van der Waals surface area contributed by atoms with Gasteiger partial charge in [-0.1, -0.05) is 6.07 Å². The van der Waals surface area contributed by atoms with E-state index in [1.807, 2.05) is 30.0 Å². The largest absolute Gasteiger partial charge is 0.433 e. The van der Waals surface area contributed by atoms with Gasteiger partial charge in [0.1, 0.15) is 11.2 Å². The van der Waals surface area contributed by atoms with Gasteiger partial charge in [-0.05, 0) is 30.7 Å². The van der Waals surface area contributed by atoms with E-state index in [-0.39, 0.29) is 5.95 Å². The molecule has 1 aliphatic heterocycles. The van der Waals surface area contributed by atoms with Gasteiger partial charge in [0, 0.05) is 32.4 Å². The zero-order valence-corrected chi connectivity index (χ0v) is 14.0. The first-order chi connectivity index (χ1) is 12.4. The monoisotopic (exact) mass is 363 g/mol.